The van der Waals surface area contributed by atoms with E-state index in [2.05, 4.69) is 15.5 Å². The summed E-state index contributed by atoms with van der Waals surface area (Å²) in [6.45, 7) is 7.04. The van der Waals surface area contributed by atoms with Crippen molar-refractivity contribution in [1.82, 2.24) is 10.2 Å². The maximum absolute atomic E-state index is 12.4. The number of carbonyl (C=O) groups excluding carboxylic acids is 2. The van der Waals surface area contributed by atoms with E-state index >= 15 is 0 Å². The van der Waals surface area contributed by atoms with Gasteiger partial charge in [-0.3, -0.25) is 14.5 Å². The molecule has 6 nitrogen and oxygen atoms in total. The maximum Gasteiger partial charge on any atom is 0.227 e. The number of hydrogen-bond acceptors (Lipinski definition) is 4. The predicted molar refractivity (Wildman–Crippen MR) is 106 cm³/mol. The van der Waals surface area contributed by atoms with Gasteiger partial charge in [0.1, 0.15) is 0 Å². The molecule has 27 heavy (non-hydrogen) atoms. The van der Waals surface area contributed by atoms with E-state index in [0.29, 0.717) is 6.54 Å². The largest absolute Gasteiger partial charge is 0.379 e. The molecule has 1 saturated carbocycles. The summed E-state index contributed by atoms with van der Waals surface area (Å²) in [6, 6.07) is 7.85. The molecule has 0 bridgehead atoms. The molecule has 1 aliphatic carbocycles. The van der Waals surface area contributed by atoms with Gasteiger partial charge >= 0.3 is 0 Å². The van der Waals surface area contributed by atoms with Crippen molar-refractivity contribution in [2.45, 2.75) is 32.6 Å². The molecule has 2 amide bonds. The van der Waals surface area contributed by atoms with Crippen LogP contribution in [0.5, 0.6) is 0 Å². The molecular formula is C21H31N3O3. The Morgan fingerprint density at radius 2 is 1.59 bits per heavy atom. The highest BCUT2D eigenvalue weighted by atomic mass is 16.5. The van der Waals surface area contributed by atoms with E-state index in [9.17, 15) is 9.59 Å². The Labute approximate surface area is 161 Å². The van der Waals surface area contributed by atoms with Gasteiger partial charge in [0, 0.05) is 43.7 Å². The van der Waals surface area contributed by atoms with Crippen molar-refractivity contribution in [2.24, 2.45) is 11.8 Å². The number of hydrogen-bond donors (Lipinski definition) is 2. The highest BCUT2D eigenvalue weighted by Crippen LogP contribution is 2.29. The first-order valence-electron chi connectivity index (χ1n) is 10.1. The van der Waals surface area contributed by atoms with Gasteiger partial charge < -0.3 is 15.4 Å². The van der Waals surface area contributed by atoms with Gasteiger partial charge in [0.05, 0.1) is 13.2 Å². The van der Waals surface area contributed by atoms with Crippen LogP contribution >= 0.6 is 0 Å². The Balaban J connectivity index is 1.35. The highest BCUT2D eigenvalue weighted by molar-refractivity contribution is 5.92. The number of rotatable bonds is 6. The summed E-state index contributed by atoms with van der Waals surface area (Å²) < 4.78 is 5.33. The molecule has 0 spiro atoms. The lowest BCUT2D eigenvalue weighted by Gasteiger charge is -2.28. The number of carbonyl (C=O) groups is 2. The van der Waals surface area contributed by atoms with E-state index < -0.39 is 0 Å². The number of nitrogens with zero attached hydrogens (tertiary/aromatic N) is 1. The molecule has 0 unspecified atom stereocenters. The summed E-state index contributed by atoms with van der Waals surface area (Å²) in [5.74, 6) is 0.257. The van der Waals surface area contributed by atoms with Crippen LogP contribution in [0, 0.1) is 18.8 Å². The second kappa shape index (κ2) is 9.85. The lowest BCUT2D eigenvalue weighted by Crippen LogP contribution is -2.43. The topological polar surface area (TPSA) is 70.7 Å². The first-order valence-corrected chi connectivity index (χ1v) is 10.1. The van der Waals surface area contributed by atoms with E-state index in [-0.39, 0.29) is 23.7 Å². The Bertz CT molecular complexity index is 618. The van der Waals surface area contributed by atoms with Gasteiger partial charge in [0.15, 0.2) is 0 Å². The van der Waals surface area contributed by atoms with Crippen LogP contribution in [-0.2, 0) is 14.3 Å². The zero-order chi connectivity index (χ0) is 19.1. The van der Waals surface area contributed by atoms with E-state index in [4.69, 9.17) is 4.74 Å². The normalized spacial score (nSPS) is 23.6. The fraction of sp³-hybridized carbons (Fsp3) is 0.619. The van der Waals surface area contributed by atoms with Crippen LogP contribution in [-0.4, -0.2) is 56.1 Å². The van der Waals surface area contributed by atoms with Crippen LogP contribution in [0.4, 0.5) is 5.69 Å². The van der Waals surface area contributed by atoms with Crippen LogP contribution in [0.15, 0.2) is 24.3 Å². The van der Waals surface area contributed by atoms with Crippen molar-refractivity contribution in [3.8, 4) is 0 Å². The quantitative estimate of drug-likeness (QED) is 0.802. The third-order valence-electron chi connectivity index (χ3n) is 5.62. The maximum atomic E-state index is 12.4. The molecule has 3 rings (SSSR count). The van der Waals surface area contributed by atoms with Gasteiger partial charge in [-0.25, -0.2) is 0 Å². The zero-order valence-corrected chi connectivity index (χ0v) is 16.2. The summed E-state index contributed by atoms with van der Waals surface area (Å²) in [5.41, 5.74) is 2.02. The zero-order valence-electron chi connectivity index (χ0n) is 16.2. The minimum absolute atomic E-state index is 0.00343. The van der Waals surface area contributed by atoms with E-state index in [1.165, 1.54) is 5.56 Å². The fourth-order valence-corrected chi connectivity index (χ4v) is 3.81. The molecule has 1 heterocycles. The average Bonchev–Trinajstić information content (AvgIpc) is 2.70. The number of nitrogens with one attached hydrogen (secondary N) is 2. The van der Waals surface area contributed by atoms with Gasteiger partial charge in [-0.1, -0.05) is 17.7 Å². The molecule has 0 atom stereocenters. The fourth-order valence-electron chi connectivity index (χ4n) is 3.81. The lowest BCUT2D eigenvalue weighted by atomic mass is 9.81. The highest BCUT2D eigenvalue weighted by Gasteiger charge is 2.29. The predicted octanol–water partition coefficient (Wildman–Crippen LogP) is 2.19. The number of benzene rings is 1. The standard InChI is InChI=1S/C21H31N3O3/c1-16-2-8-19(9-3-16)23-21(26)18-6-4-17(5-7-18)20(25)22-10-11-24-12-14-27-15-13-24/h2-3,8-9,17-18H,4-7,10-15H2,1H3,(H,22,25)(H,23,26). The molecule has 0 aromatic heterocycles. The molecule has 148 valence electrons. The van der Waals surface area contributed by atoms with Crippen molar-refractivity contribution in [2.75, 3.05) is 44.7 Å². The summed E-state index contributed by atoms with van der Waals surface area (Å²) in [7, 11) is 0. The molecule has 1 aliphatic heterocycles. The van der Waals surface area contributed by atoms with Crippen LogP contribution in [0.1, 0.15) is 31.2 Å². The summed E-state index contributed by atoms with van der Waals surface area (Å²) >= 11 is 0. The Hall–Kier alpha value is -1.92. The second-order valence-corrected chi connectivity index (χ2v) is 7.65. The molecule has 2 N–H and O–H groups in total. The minimum Gasteiger partial charge on any atom is -0.379 e. The van der Waals surface area contributed by atoms with Crippen LogP contribution < -0.4 is 10.6 Å². The number of aryl methyl sites for hydroxylation is 1. The van der Waals surface area contributed by atoms with E-state index in [1.54, 1.807) is 0 Å². The number of amides is 2. The van der Waals surface area contributed by atoms with Gasteiger partial charge in [-0.15, -0.1) is 0 Å². The van der Waals surface area contributed by atoms with Crippen LogP contribution in [0.3, 0.4) is 0 Å². The summed E-state index contributed by atoms with van der Waals surface area (Å²) in [4.78, 5) is 27.1. The van der Waals surface area contributed by atoms with Crippen LogP contribution in [0.25, 0.3) is 0 Å². The summed E-state index contributed by atoms with van der Waals surface area (Å²) in [5, 5.41) is 6.07. The van der Waals surface area contributed by atoms with Gasteiger partial charge in [-0.05, 0) is 44.7 Å². The number of anilines is 1. The third kappa shape index (κ3) is 6.04. The Morgan fingerprint density at radius 1 is 1.00 bits per heavy atom. The Morgan fingerprint density at radius 3 is 2.22 bits per heavy atom. The molecule has 1 saturated heterocycles. The molecule has 2 aliphatic rings. The molecule has 6 heteroatoms. The smallest absolute Gasteiger partial charge is 0.227 e. The molecule has 2 fully saturated rings. The number of morpholine rings is 1. The molecule has 0 radical (unpaired) electrons. The summed E-state index contributed by atoms with van der Waals surface area (Å²) in [6.07, 6.45) is 3.13. The van der Waals surface area contributed by atoms with Crippen LogP contribution in [0.2, 0.25) is 0 Å². The third-order valence-corrected chi connectivity index (χ3v) is 5.62. The van der Waals surface area contributed by atoms with Crippen molar-refractivity contribution < 1.29 is 14.3 Å². The van der Waals surface area contributed by atoms with Gasteiger partial charge in [-0.2, -0.15) is 0 Å². The average molecular weight is 373 g/mol. The van der Waals surface area contributed by atoms with Crippen molar-refractivity contribution in [1.29, 1.82) is 0 Å². The van der Waals surface area contributed by atoms with Crippen molar-refractivity contribution in [3.63, 3.8) is 0 Å². The molecule has 1 aromatic carbocycles. The first kappa shape index (κ1) is 19.8. The van der Waals surface area contributed by atoms with Crippen molar-refractivity contribution in [3.05, 3.63) is 29.8 Å². The van der Waals surface area contributed by atoms with Gasteiger partial charge in [0.2, 0.25) is 11.8 Å². The monoisotopic (exact) mass is 373 g/mol. The lowest BCUT2D eigenvalue weighted by molar-refractivity contribution is -0.128. The molecular weight excluding hydrogens is 342 g/mol. The minimum atomic E-state index is 0.00343. The Kier molecular flexibility index (Phi) is 7.24. The number of ether oxygens (including phenoxy) is 1. The first-order chi connectivity index (χ1) is 13.1. The van der Waals surface area contributed by atoms with E-state index in [1.807, 2.05) is 31.2 Å². The second-order valence-electron chi connectivity index (χ2n) is 7.65. The van der Waals surface area contributed by atoms with Gasteiger partial charge in [0.25, 0.3) is 0 Å². The molecule has 1 aromatic rings. The van der Waals surface area contributed by atoms with E-state index in [0.717, 1.165) is 64.2 Å². The SMILES string of the molecule is Cc1ccc(NC(=O)C2CCC(C(=O)NCCN3CCOCC3)CC2)cc1. The van der Waals surface area contributed by atoms with Crippen molar-refractivity contribution >= 4 is 17.5 Å².